The van der Waals surface area contributed by atoms with Crippen LogP contribution in [0.2, 0.25) is 0 Å². The number of rotatable bonds is 7. The summed E-state index contributed by atoms with van der Waals surface area (Å²) in [7, 11) is 1.62. The average molecular weight is 399 g/mol. The monoisotopic (exact) mass is 399 g/mol. The van der Waals surface area contributed by atoms with Gasteiger partial charge in [-0.1, -0.05) is 18.2 Å². The number of hydrogen-bond donors (Lipinski definition) is 2. The van der Waals surface area contributed by atoms with E-state index in [4.69, 9.17) is 15.2 Å². The molecule has 8 nitrogen and oxygen atoms in total. The maximum Gasteiger partial charge on any atom is 0.338 e. The zero-order valence-corrected chi connectivity index (χ0v) is 16.5. The fraction of sp³-hybridized carbons (Fsp3) is 0.333. The molecule has 3 rings (SSSR count). The molecule has 8 heteroatoms. The Bertz CT molecular complexity index is 902. The highest BCUT2D eigenvalue weighted by Gasteiger charge is 2.30. The second-order valence-corrected chi connectivity index (χ2v) is 6.80. The predicted octanol–water partition coefficient (Wildman–Crippen LogP) is 2.60. The number of benzene rings is 2. The number of nitrogens with two attached hydrogens (primary N) is 1. The fourth-order valence-corrected chi connectivity index (χ4v) is 3.48. The largest absolute Gasteiger partial charge is 0.496 e. The van der Waals surface area contributed by atoms with Crippen LogP contribution in [0.1, 0.15) is 34.5 Å². The molecule has 3 amide bonds. The number of fused-ring (bicyclic) bond motifs is 1. The predicted molar refractivity (Wildman–Crippen MR) is 106 cm³/mol. The normalized spacial score (nSPS) is 14.2. The van der Waals surface area contributed by atoms with E-state index in [0.717, 1.165) is 16.9 Å². The lowest BCUT2D eigenvalue weighted by Gasteiger charge is -2.34. The van der Waals surface area contributed by atoms with E-state index in [2.05, 4.69) is 0 Å². The third kappa shape index (κ3) is 4.43. The molecule has 0 bridgehead atoms. The van der Waals surface area contributed by atoms with Crippen LogP contribution in [0.15, 0.2) is 42.5 Å². The van der Waals surface area contributed by atoms with Crippen LogP contribution in [0.4, 0.5) is 4.79 Å². The molecule has 0 fully saturated rings. The number of hydroxylamine groups is 2. The van der Waals surface area contributed by atoms with Crippen molar-refractivity contribution in [3.05, 3.63) is 59.2 Å². The molecule has 0 radical (unpaired) electrons. The van der Waals surface area contributed by atoms with E-state index >= 15 is 0 Å². The minimum absolute atomic E-state index is 0.0357. The number of urea groups is 1. The molecule has 0 saturated heterocycles. The third-order valence-corrected chi connectivity index (χ3v) is 5.07. The molecule has 0 aromatic heterocycles. The van der Waals surface area contributed by atoms with Gasteiger partial charge in [-0.25, -0.2) is 9.86 Å². The van der Waals surface area contributed by atoms with Crippen molar-refractivity contribution in [3.8, 4) is 11.5 Å². The van der Waals surface area contributed by atoms with E-state index in [1.54, 1.807) is 19.2 Å². The van der Waals surface area contributed by atoms with Crippen molar-refractivity contribution in [1.29, 1.82) is 0 Å². The number of ether oxygens (including phenoxy) is 2. The molecule has 1 heterocycles. The van der Waals surface area contributed by atoms with Gasteiger partial charge in [0.2, 0.25) is 0 Å². The van der Waals surface area contributed by atoms with E-state index in [1.807, 2.05) is 42.2 Å². The maximum atomic E-state index is 13.1. The van der Waals surface area contributed by atoms with Crippen molar-refractivity contribution in [2.45, 2.75) is 19.4 Å². The number of hydrogen-bond acceptors (Lipinski definition) is 5. The van der Waals surface area contributed by atoms with Crippen molar-refractivity contribution in [1.82, 2.24) is 9.96 Å². The van der Waals surface area contributed by atoms with Crippen molar-refractivity contribution in [2.75, 3.05) is 26.8 Å². The van der Waals surface area contributed by atoms with E-state index in [9.17, 15) is 14.8 Å². The molecule has 2 aromatic carbocycles. The van der Waals surface area contributed by atoms with Crippen molar-refractivity contribution < 1.29 is 24.3 Å². The average Bonchev–Trinajstić information content (AvgIpc) is 2.73. The zero-order valence-electron chi connectivity index (χ0n) is 16.5. The fourth-order valence-electron chi connectivity index (χ4n) is 3.48. The highest BCUT2D eigenvalue weighted by atomic mass is 16.5. The SMILES string of the molecule is COc1ccccc1C(C)N1CCc2cc(OCCN(O)C(N)=O)ccc2C1=O. The highest BCUT2D eigenvalue weighted by Crippen LogP contribution is 2.33. The summed E-state index contributed by atoms with van der Waals surface area (Å²) in [5, 5.41) is 9.65. The summed E-state index contributed by atoms with van der Waals surface area (Å²) in [4.78, 5) is 25.7. The van der Waals surface area contributed by atoms with Crippen molar-refractivity contribution >= 4 is 11.9 Å². The van der Waals surface area contributed by atoms with E-state index in [-0.39, 0.29) is 25.1 Å². The molecular weight excluding hydrogens is 374 g/mol. The molecule has 29 heavy (non-hydrogen) atoms. The minimum Gasteiger partial charge on any atom is -0.496 e. The topological polar surface area (TPSA) is 105 Å². The van der Waals surface area contributed by atoms with Gasteiger partial charge in [0.15, 0.2) is 0 Å². The number of primary amides is 1. The smallest absolute Gasteiger partial charge is 0.338 e. The Morgan fingerprint density at radius 2 is 2.07 bits per heavy atom. The van der Waals surface area contributed by atoms with Gasteiger partial charge in [-0.15, -0.1) is 0 Å². The number of carbonyl (C=O) groups is 2. The Balaban J connectivity index is 1.71. The number of carbonyl (C=O) groups excluding carboxylic acids is 2. The van der Waals surface area contributed by atoms with Gasteiger partial charge in [0.1, 0.15) is 18.1 Å². The minimum atomic E-state index is -0.936. The Morgan fingerprint density at radius 1 is 1.31 bits per heavy atom. The Kier molecular flexibility index (Phi) is 6.23. The highest BCUT2D eigenvalue weighted by molar-refractivity contribution is 5.97. The molecular formula is C21H25N3O5. The number of amides is 3. The Labute approximate surface area is 169 Å². The van der Waals surface area contributed by atoms with Gasteiger partial charge in [0, 0.05) is 17.7 Å². The summed E-state index contributed by atoms with van der Waals surface area (Å²) in [5.41, 5.74) is 7.47. The van der Waals surface area contributed by atoms with Crippen molar-refractivity contribution in [3.63, 3.8) is 0 Å². The summed E-state index contributed by atoms with van der Waals surface area (Å²) in [6.07, 6.45) is 0.700. The summed E-state index contributed by atoms with van der Waals surface area (Å²) >= 11 is 0. The lowest BCUT2D eigenvalue weighted by molar-refractivity contribution is -0.0464. The standard InChI is InChI=1S/C21H25N3O5/c1-14(17-5-3-4-6-19(17)28-2)23-10-9-15-13-16(7-8-18(15)20(23)25)29-12-11-24(27)21(22)26/h3-8,13-14,27H,9-12H2,1-2H3,(H2,22,26). The van der Waals surface area contributed by atoms with Crippen molar-refractivity contribution in [2.24, 2.45) is 5.73 Å². The van der Waals surface area contributed by atoms with E-state index < -0.39 is 6.03 Å². The van der Waals surface area contributed by atoms with Gasteiger partial charge in [-0.3, -0.25) is 10.0 Å². The van der Waals surface area contributed by atoms with Crippen LogP contribution in [0.3, 0.4) is 0 Å². The number of para-hydroxylation sites is 1. The molecule has 3 N–H and O–H groups in total. The Morgan fingerprint density at radius 3 is 2.79 bits per heavy atom. The molecule has 1 aliphatic rings. The first-order valence-corrected chi connectivity index (χ1v) is 9.37. The third-order valence-electron chi connectivity index (χ3n) is 5.07. The van der Waals surface area contributed by atoms with Crippen LogP contribution in [0.25, 0.3) is 0 Å². The van der Waals surface area contributed by atoms with Gasteiger partial charge in [-0.2, -0.15) is 0 Å². The molecule has 1 unspecified atom stereocenters. The maximum absolute atomic E-state index is 13.1. The first-order chi connectivity index (χ1) is 13.9. The number of nitrogens with zero attached hydrogens (tertiary/aromatic N) is 2. The molecule has 0 saturated carbocycles. The zero-order chi connectivity index (χ0) is 21.0. The van der Waals surface area contributed by atoms with Crippen LogP contribution in [-0.2, 0) is 6.42 Å². The molecule has 154 valence electrons. The van der Waals surface area contributed by atoms with Gasteiger partial charge in [0.05, 0.1) is 19.7 Å². The van der Waals surface area contributed by atoms with Crippen LogP contribution in [0, 0.1) is 0 Å². The molecule has 0 aliphatic carbocycles. The van der Waals surface area contributed by atoms with Gasteiger partial charge in [0.25, 0.3) is 5.91 Å². The lowest BCUT2D eigenvalue weighted by Crippen LogP contribution is -2.39. The molecule has 1 aliphatic heterocycles. The second-order valence-electron chi connectivity index (χ2n) is 6.80. The van der Waals surface area contributed by atoms with Crippen LogP contribution < -0.4 is 15.2 Å². The molecule has 1 atom stereocenters. The van der Waals surface area contributed by atoms with E-state index in [0.29, 0.717) is 29.3 Å². The summed E-state index contributed by atoms with van der Waals surface area (Å²) < 4.78 is 11.0. The van der Waals surface area contributed by atoms with Crippen LogP contribution in [0.5, 0.6) is 11.5 Å². The molecule has 0 spiro atoms. The summed E-state index contributed by atoms with van der Waals surface area (Å²) in [5.74, 6) is 1.29. The number of methoxy groups -OCH3 is 1. The van der Waals surface area contributed by atoms with Gasteiger partial charge >= 0.3 is 6.03 Å². The summed E-state index contributed by atoms with van der Waals surface area (Å²) in [6.45, 7) is 2.62. The Hall–Kier alpha value is -3.26. The van der Waals surface area contributed by atoms with Gasteiger partial charge < -0.3 is 20.1 Å². The summed E-state index contributed by atoms with van der Waals surface area (Å²) in [6, 6.07) is 11.9. The molecule has 2 aromatic rings. The second kappa shape index (κ2) is 8.83. The lowest BCUT2D eigenvalue weighted by atomic mass is 9.95. The van der Waals surface area contributed by atoms with Crippen LogP contribution >= 0.6 is 0 Å². The first-order valence-electron chi connectivity index (χ1n) is 9.37. The quantitative estimate of drug-likeness (QED) is 0.550. The van der Waals surface area contributed by atoms with E-state index in [1.165, 1.54) is 0 Å². The van der Waals surface area contributed by atoms with Gasteiger partial charge in [-0.05, 0) is 43.2 Å². The van der Waals surface area contributed by atoms with Crippen LogP contribution in [-0.4, -0.2) is 53.9 Å². The first kappa shape index (κ1) is 20.5.